The van der Waals surface area contributed by atoms with Crippen molar-refractivity contribution in [3.8, 4) is 0 Å². The molecule has 0 spiro atoms. The Hall–Kier alpha value is -0.0800. The van der Waals surface area contributed by atoms with E-state index in [1.165, 1.54) is 57.8 Å². The van der Waals surface area contributed by atoms with E-state index in [1.807, 2.05) is 0 Å². The molecule has 2 nitrogen and oxygen atoms in total. The van der Waals surface area contributed by atoms with Crippen LogP contribution in [0.15, 0.2) is 0 Å². The lowest BCUT2D eigenvalue weighted by Crippen LogP contribution is -2.47. The van der Waals surface area contributed by atoms with Gasteiger partial charge in [-0.25, -0.2) is 0 Å². The van der Waals surface area contributed by atoms with Gasteiger partial charge in [-0.3, -0.25) is 0 Å². The van der Waals surface area contributed by atoms with Crippen LogP contribution in [0.4, 0.5) is 0 Å². The summed E-state index contributed by atoms with van der Waals surface area (Å²) in [5, 5.41) is 3.66. The molecule has 0 saturated heterocycles. The van der Waals surface area contributed by atoms with E-state index < -0.39 is 0 Å². The van der Waals surface area contributed by atoms with E-state index in [0.29, 0.717) is 11.5 Å². The Morgan fingerprint density at radius 3 is 2.45 bits per heavy atom. The minimum Gasteiger partial charge on any atom is -0.372 e. The van der Waals surface area contributed by atoms with Crippen LogP contribution in [-0.2, 0) is 4.74 Å². The van der Waals surface area contributed by atoms with Crippen LogP contribution in [0.2, 0.25) is 0 Å². The average Bonchev–Trinajstić information content (AvgIpc) is 3.06. The summed E-state index contributed by atoms with van der Waals surface area (Å²) in [6, 6.07) is 0.834. The summed E-state index contributed by atoms with van der Waals surface area (Å²) in [7, 11) is 0. The van der Waals surface area contributed by atoms with Gasteiger partial charge in [0.2, 0.25) is 0 Å². The zero-order valence-electron chi connectivity index (χ0n) is 13.7. The third-order valence-corrected chi connectivity index (χ3v) is 5.62. The van der Waals surface area contributed by atoms with Crippen LogP contribution in [0.25, 0.3) is 0 Å². The zero-order chi connectivity index (χ0) is 14.2. The van der Waals surface area contributed by atoms with E-state index in [4.69, 9.17) is 4.74 Å². The quantitative estimate of drug-likeness (QED) is 0.783. The van der Waals surface area contributed by atoms with Gasteiger partial charge in [-0.2, -0.15) is 0 Å². The maximum Gasteiger partial charge on any atom is 0.0698 e. The van der Waals surface area contributed by atoms with Crippen molar-refractivity contribution in [2.45, 2.75) is 96.3 Å². The summed E-state index contributed by atoms with van der Waals surface area (Å²) in [5.41, 5.74) is 0.708. The summed E-state index contributed by atoms with van der Waals surface area (Å²) >= 11 is 0. The van der Waals surface area contributed by atoms with Gasteiger partial charge in [0.1, 0.15) is 0 Å². The van der Waals surface area contributed by atoms with E-state index in [1.54, 1.807) is 0 Å². The fraction of sp³-hybridized carbons (Fsp3) is 1.00. The third-order valence-electron chi connectivity index (χ3n) is 5.62. The Balaban J connectivity index is 1.50. The second kappa shape index (κ2) is 5.61. The molecular formula is C18H33NO. The SMILES string of the molecule is CC1CC(OC2(CCNC3CC3)CCC2)CC(C)(C)C1. The molecule has 20 heavy (non-hydrogen) atoms. The highest BCUT2D eigenvalue weighted by Crippen LogP contribution is 2.45. The first-order valence-corrected chi connectivity index (χ1v) is 8.88. The summed E-state index contributed by atoms with van der Waals surface area (Å²) in [6.07, 6.45) is 12.4. The molecule has 0 aromatic heterocycles. The van der Waals surface area contributed by atoms with Gasteiger partial charge in [-0.1, -0.05) is 20.8 Å². The van der Waals surface area contributed by atoms with E-state index in [9.17, 15) is 0 Å². The van der Waals surface area contributed by atoms with Crippen molar-refractivity contribution in [1.29, 1.82) is 0 Å². The number of ether oxygens (including phenoxy) is 1. The molecule has 3 saturated carbocycles. The molecule has 1 N–H and O–H groups in total. The van der Waals surface area contributed by atoms with Gasteiger partial charge in [0, 0.05) is 6.04 Å². The Labute approximate surface area is 125 Å². The standard InChI is InChI=1S/C18H33NO/c1-14-11-16(13-17(2,3)12-14)20-18(7-4-8-18)9-10-19-15-5-6-15/h14-16,19H,4-13H2,1-3H3. The molecule has 0 heterocycles. The Morgan fingerprint density at radius 1 is 1.15 bits per heavy atom. The van der Waals surface area contributed by atoms with Crippen LogP contribution >= 0.6 is 0 Å². The van der Waals surface area contributed by atoms with E-state index in [2.05, 4.69) is 26.1 Å². The van der Waals surface area contributed by atoms with Gasteiger partial charge in [0.25, 0.3) is 0 Å². The van der Waals surface area contributed by atoms with Gasteiger partial charge in [-0.15, -0.1) is 0 Å². The lowest BCUT2D eigenvalue weighted by Gasteiger charge is -2.48. The van der Waals surface area contributed by atoms with E-state index >= 15 is 0 Å². The molecule has 2 heteroatoms. The summed E-state index contributed by atoms with van der Waals surface area (Å²) < 4.78 is 6.68. The fourth-order valence-electron chi connectivity index (χ4n) is 4.49. The first-order valence-electron chi connectivity index (χ1n) is 8.88. The van der Waals surface area contributed by atoms with Crippen molar-refractivity contribution < 1.29 is 4.74 Å². The molecule has 3 fully saturated rings. The van der Waals surface area contributed by atoms with Crippen molar-refractivity contribution in [2.75, 3.05) is 6.54 Å². The summed E-state index contributed by atoms with van der Waals surface area (Å²) in [4.78, 5) is 0. The molecule has 0 aromatic carbocycles. The predicted octanol–water partition coefficient (Wildman–Crippen LogP) is 4.28. The highest BCUT2D eigenvalue weighted by atomic mass is 16.5. The van der Waals surface area contributed by atoms with E-state index in [-0.39, 0.29) is 5.60 Å². The van der Waals surface area contributed by atoms with Gasteiger partial charge >= 0.3 is 0 Å². The molecule has 2 atom stereocenters. The minimum atomic E-state index is 0.236. The third kappa shape index (κ3) is 3.76. The number of hydrogen-bond acceptors (Lipinski definition) is 2. The molecule has 0 amide bonds. The summed E-state index contributed by atoms with van der Waals surface area (Å²) in [5.74, 6) is 0.825. The van der Waals surface area contributed by atoms with Crippen LogP contribution in [0.3, 0.4) is 0 Å². The molecule has 116 valence electrons. The predicted molar refractivity (Wildman–Crippen MR) is 83.9 cm³/mol. The Morgan fingerprint density at radius 2 is 1.90 bits per heavy atom. The van der Waals surface area contributed by atoms with Crippen LogP contribution in [0.1, 0.15) is 78.6 Å². The lowest BCUT2D eigenvalue weighted by atomic mass is 9.70. The minimum absolute atomic E-state index is 0.236. The number of nitrogens with one attached hydrogen (secondary N) is 1. The second-order valence-electron chi connectivity index (χ2n) is 8.67. The molecule has 0 aliphatic heterocycles. The molecule has 3 aliphatic rings. The highest BCUT2D eigenvalue weighted by Gasteiger charge is 2.42. The van der Waals surface area contributed by atoms with Gasteiger partial charge < -0.3 is 10.1 Å². The second-order valence-corrected chi connectivity index (χ2v) is 8.67. The topological polar surface area (TPSA) is 21.3 Å². The number of hydrogen-bond donors (Lipinski definition) is 1. The largest absolute Gasteiger partial charge is 0.372 e. The first kappa shape index (κ1) is 14.8. The van der Waals surface area contributed by atoms with Gasteiger partial charge in [0.05, 0.1) is 11.7 Å². The van der Waals surface area contributed by atoms with Crippen molar-refractivity contribution in [2.24, 2.45) is 11.3 Å². The van der Waals surface area contributed by atoms with Gasteiger partial charge in [0.15, 0.2) is 0 Å². The van der Waals surface area contributed by atoms with Crippen LogP contribution < -0.4 is 5.32 Å². The fourth-order valence-corrected chi connectivity index (χ4v) is 4.49. The van der Waals surface area contributed by atoms with Gasteiger partial charge in [-0.05, 0) is 75.7 Å². The highest BCUT2D eigenvalue weighted by molar-refractivity contribution is 4.94. The number of rotatable bonds is 6. The molecule has 3 aliphatic carbocycles. The Kier molecular flexibility index (Phi) is 4.16. The average molecular weight is 279 g/mol. The molecule has 0 aromatic rings. The van der Waals surface area contributed by atoms with Crippen LogP contribution in [0, 0.1) is 11.3 Å². The Bertz CT molecular complexity index is 330. The summed E-state index contributed by atoms with van der Waals surface area (Å²) in [6.45, 7) is 8.40. The normalized spacial score (nSPS) is 35.5. The smallest absolute Gasteiger partial charge is 0.0698 e. The first-order chi connectivity index (χ1) is 9.46. The van der Waals surface area contributed by atoms with Crippen molar-refractivity contribution in [3.63, 3.8) is 0 Å². The maximum absolute atomic E-state index is 6.68. The monoisotopic (exact) mass is 279 g/mol. The molecular weight excluding hydrogens is 246 g/mol. The zero-order valence-corrected chi connectivity index (χ0v) is 13.7. The molecule has 0 bridgehead atoms. The molecule has 0 radical (unpaired) electrons. The van der Waals surface area contributed by atoms with Crippen LogP contribution in [0.5, 0.6) is 0 Å². The van der Waals surface area contributed by atoms with E-state index in [0.717, 1.165) is 18.5 Å². The lowest BCUT2D eigenvalue weighted by molar-refractivity contribution is -0.166. The maximum atomic E-state index is 6.68. The molecule has 3 rings (SSSR count). The van der Waals surface area contributed by atoms with Crippen molar-refractivity contribution in [3.05, 3.63) is 0 Å². The molecule has 2 unspecified atom stereocenters. The van der Waals surface area contributed by atoms with Crippen LogP contribution in [-0.4, -0.2) is 24.3 Å². The van der Waals surface area contributed by atoms with Crippen molar-refractivity contribution >= 4 is 0 Å². The van der Waals surface area contributed by atoms with Crippen molar-refractivity contribution in [1.82, 2.24) is 5.32 Å².